The lowest BCUT2D eigenvalue weighted by Crippen LogP contribution is -2.41. The van der Waals surface area contributed by atoms with Crippen molar-refractivity contribution in [3.8, 4) is 0 Å². The molecule has 0 N–H and O–H groups in total. The molecule has 8 heteroatoms. The van der Waals surface area contributed by atoms with Crippen LogP contribution in [0.4, 0.5) is 0 Å². The van der Waals surface area contributed by atoms with Gasteiger partial charge in [0.15, 0.2) is 8.32 Å². The molecule has 0 bridgehead atoms. The van der Waals surface area contributed by atoms with E-state index in [2.05, 4.69) is 33.9 Å². The van der Waals surface area contributed by atoms with Crippen molar-refractivity contribution in [3.05, 3.63) is 33.8 Å². The number of hydrogen-bond acceptors (Lipinski definition) is 4. The van der Waals surface area contributed by atoms with Gasteiger partial charge < -0.3 is 4.43 Å². The molecule has 0 amide bonds. The molecule has 0 fully saturated rings. The van der Waals surface area contributed by atoms with E-state index in [4.69, 9.17) is 31.8 Å². The van der Waals surface area contributed by atoms with Crippen LogP contribution >= 0.6 is 23.2 Å². The first kappa shape index (κ1) is 22.9. The van der Waals surface area contributed by atoms with Gasteiger partial charge in [0.2, 0.25) is 0 Å². The van der Waals surface area contributed by atoms with Crippen LogP contribution in [0.5, 0.6) is 0 Å². The maximum atomic E-state index is 11.6. The third-order valence-electron chi connectivity index (χ3n) is 4.49. The minimum Gasteiger partial charge on any atom is -0.417 e. The van der Waals surface area contributed by atoms with Crippen molar-refractivity contribution in [2.75, 3.05) is 12.9 Å². The third kappa shape index (κ3) is 7.57. The molecule has 1 atom stereocenters. The lowest BCUT2D eigenvalue weighted by atomic mass is 10.1. The second-order valence-electron chi connectivity index (χ2n) is 7.71. The van der Waals surface area contributed by atoms with Gasteiger partial charge in [0.05, 0.1) is 16.3 Å². The molecule has 1 rings (SSSR count). The van der Waals surface area contributed by atoms with Crippen molar-refractivity contribution in [3.63, 3.8) is 0 Å². The highest BCUT2D eigenvalue weighted by atomic mass is 35.5. The lowest BCUT2D eigenvalue weighted by molar-refractivity contribution is 0.184. The fourth-order valence-corrected chi connectivity index (χ4v) is 4.03. The fourth-order valence-electron chi connectivity index (χ4n) is 2.01. The van der Waals surface area contributed by atoms with E-state index in [1.54, 1.807) is 18.2 Å². The molecule has 0 aromatic heterocycles. The van der Waals surface area contributed by atoms with Gasteiger partial charge in [0.1, 0.15) is 6.10 Å². The number of rotatable bonds is 8. The van der Waals surface area contributed by atoms with E-state index < -0.39 is 24.5 Å². The molecule has 4 nitrogen and oxygen atoms in total. The zero-order valence-electron chi connectivity index (χ0n) is 15.7. The summed E-state index contributed by atoms with van der Waals surface area (Å²) in [4.78, 5) is 0. The van der Waals surface area contributed by atoms with Gasteiger partial charge >= 0.3 is 0 Å². The van der Waals surface area contributed by atoms with Crippen molar-refractivity contribution in [2.24, 2.45) is 0 Å². The summed E-state index contributed by atoms with van der Waals surface area (Å²) in [5, 5.41) is 0.933. The van der Waals surface area contributed by atoms with E-state index in [9.17, 15) is 8.42 Å². The number of halogens is 2. The van der Waals surface area contributed by atoms with Gasteiger partial charge in [0.25, 0.3) is 10.1 Å². The van der Waals surface area contributed by atoms with Gasteiger partial charge in [-0.15, -0.1) is 0 Å². The van der Waals surface area contributed by atoms with Crippen molar-refractivity contribution in [2.45, 2.75) is 57.8 Å². The van der Waals surface area contributed by atoms with Gasteiger partial charge in [-0.2, -0.15) is 8.42 Å². The normalized spacial score (nSPS) is 14.6. The monoisotopic (exact) mass is 426 g/mol. The van der Waals surface area contributed by atoms with Crippen molar-refractivity contribution in [1.29, 1.82) is 0 Å². The average molecular weight is 427 g/mol. The Hall–Kier alpha value is -0.113. The highest BCUT2D eigenvalue weighted by Crippen LogP contribution is 2.37. The van der Waals surface area contributed by atoms with Crippen LogP contribution in [0.15, 0.2) is 18.2 Å². The van der Waals surface area contributed by atoms with Crippen LogP contribution in [-0.2, 0) is 18.7 Å². The Morgan fingerprint density at radius 1 is 1.16 bits per heavy atom. The standard InChI is InChI=1S/C17H28Cl2O4SSi/c1-17(2,3)25(5,6)22-11-7-8-16(23-24(4,20)21)13-9-10-14(18)15(19)12-13/h9-10,12,16H,7-8,11H2,1-6H3/t16-/m1/s1. The van der Waals surface area contributed by atoms with Gasteiger partial charge in [-0.05, 0) is 48.7 Å². The molecule has 0 aliphatic rings. The Bertz CT molecular complexity index is 684. The van der Waals surface area contributed by atoms with Crippen LogP contribution in [0.1, 0.15) is 45.3 Å². The first-order valence-corrected chi connectivity index (χ1v) is 13.7. The molecule has 0 aliphatic heterocycles. The summed E-state index contributed by atoms with van der Waals surface area (Å²) >= 11 is 12.0. The Labute approximate surface area is 163 Å². The minimum atomic E-state index is -3.59. The zero-order valence-corrected chi connectivity index (χ0v) is 19.1. The molecule has 144 valence electrons. The predicted molar refractivity (Wildman–Crippen MR) is 108 cm³/mol. The topological polar surface area (TPSA) is 52.6 Å². The second kappa shape index (κ2) is 8.72. The SMILES string of the molecule is CC(C)(C)[Si](C)(C)OCCC[C@@H](OS(C)(=O)=O)c1ccc(Cl)c(Cl)c1. The van der Waals surface area contributed by atoms with Crippen molar-refractivity contribution in [1.82, 2.24) is 0 Å². The Balaban J connectivity index is 2.77. The zero-order chi connectivity index (χ0) is 19.5. The van der Waals surface area contributed by atoms with E-state index in [1.807, 2.05) is 0 Å². The van der Waals surface area contributed by atoms with E-state index in [1.165, 1.54) is 0 Å². The highest BCUT2D eigenvalue weighted by molar-refractivity contribution is 7.86. The number of hydrogen-bond donors (Lipinski definition) is 0. The molecular weight excluding hydrogens is 399 g/mol. The number of benzene rings is 1. The maximum Gasteiger partial charge on any atom is 0.264 e. The molecule has 25 heavy (non-hydrogen) atoms. The van der Waals surface area contributed by atoms with Crippen LogP contribution < -0.4 is 0 Å². The highest BCUT2D eigenvalue weighted by Gasteiger charge is 2.36. The Morgan fingerprint density at radius 3 is 2.24 bits per heavy atom. The van der Waals surface area contributed by atoms with Gasteiger partial charge in [0, 0.05) is 6.61 Å². The molecule has 0 radical (unpaired) electrons. The van der Waals surface area contributed by atoms with Gasteiger partial charge in [-0.1, -0.05) is 50.0 Å². The molecule has 0 heterocycles. The first-order valence-electron chi connectivity index (χ1n) is 8.20. The third-order valence-corrected chi connectivity index (χ3v) is 10.3. The van der Waals surface area contributed by atoms with E-state index in [0.29, 0.717) is 35.1 Å². The quantitative estimate of drug-likeness (QED) is 0.298. The van der Waals surface area contributed by atoms with Crippen molar-refractivity contribution < 1.29 is 17.0 Å². The average Bonchev–Trinajstić information content (AvgIpc) is 2.42. The molecule has 0 unspecified atom stereocenters. The van der Waals surface area contributed by atoms with Gasteiger partial charge in [-0.25, -0.2) is 0 Å². The summed E-state index contributed by atoms with van der Waals surface area (Å²) in [6.07, 6.45) is 1.64. The van der Waals surface area contributed by atoms with E-state index in [0.717, 1.165) is 6.26 Å². The van der Waals surface area contributed by atoms with Crippen LogP contribution in [0.2, 0.25) is 28.2 Å². The van der Waals surface area contributed by atoms with Crippen molar-refractivity contribution >= 4 is 41.6 Å². The molecule has 0 saturated carbocycles. The molecule has 1 aromatic carbocycles. The Morgan fingerprint density at radius 2 is 1.76 bits per heavy atom. The summed E-state index contributed by atoms with van der Waals surface area (Å²) in [6.45, 7) is 11.5. The largest absolute Gasteiger partial charge is 0.417 e. The second-order valence-corrected chi connectivity index (χ2v) is 14.9. The van der Waals surface area contributed by atoms with Crippen LogP contribution in [-0.4, -0.2) is 29.6 Å². The van der Waals surface area contributed by atoms with E-state index >= 15 is 0 Å². The van der Waals surface area contributed by atoms with Crippen LogP contribution in [0.3, 0.4) is 0 Å². The lowest BCUT2D eigenvalue weighted by Gasteiger charge is -2.36. The summed E-state index contributed by atoms with van der Waals surface area (Å²) in [6, 6.07) is 5.02. The molecule has 0 saturated heterocycles. The molecule has 0 spiro atoms. The minimum absolute atomic E-state index is 0.138. The first-order chi connectivity index (χ1) is 11.2. The summed E-state index contributed by atoms with van der Waals surface area (Å²) in [7, 11) is -5.41. The smallest absolute Gasteiger partial charge is 0.264 e. The summed E-state index contributed by atoms with van der Waals surface area (Å²) in [5.41, 5.74) is 0.687. The fraction of sp³-hybridized carbons (Fsp3) is 0.647. The van der Waals surface area contributed by atoms with E-state index in [-0.39, 0.29) is 5.04 Å². The molecule has 0 aliphatic carbocycles. The van der Waals surface area contributed by atoms with Crippen LogP contribution in [0.25, 0.3) is 0 Å². The summed E-state index contributed by atoms with van der Waals surface area (Å²) < 4.78 is 34.6. The molecular formula is C17H28Cl2O4SSi. The van der Waals surface area contributed by atoms with Gasteiger partial charge in [-0.3, -0.25) is 4.18 Å². The summed E-state index contributed by atoms with van der Waals surface area (Å²) in [5.74, 6) is 0. The predicted octanol–water partition coefficient (Wildman–Crippen LogP) is 5.81. The van der Waals surface area contributed by atoms with Crippen LogP contribution in [0, 0.1) is 0 Å². The Kier molecular flexibility index (Phi) is 7.99. The molecule has 1 aromatic rings. The maximum absolute atomic E-state index is 11.6.